The number of aromatic amines is 1. The van der Waals surface area contributed by atoms with Crippen molar-refractivity contribution < 1.29 is 0 Å². The third-order valence-electron chi connectivity index (χ3n) is 4.60. The molecule has 2 unspecified atom stereocenters. The van der Waals surface area contributed by atoms with E-state index in [-0.39, 0.29) is 0 Å². The Kier molecular flexibility index (Phi) is 1.87. The van der Waals surface area contributed by atoms with E-state index in [4.69, 9.17) is 12.2 Å². The summed E-state index contributed by atoms with van der Waals surface area (Å²) in [6.45, 7) is 0. The molecule has 86 valence electrons. The molecule has 3 aliphatic rings. The summed E-state index contributed by atoms with van der Waals surface area (Å²) in [6, 6.07) is 0.670. The maximum atomic E-state index is 5.35. The van der Waals surface area contributed by atoms with Crippen molar-refractivity contribution in [3.05, 3.63) is 10.6 Å². The number of hydrogen-bond acceptors (Lipinski definition) is 2. The summed E-state index contributed by atoms with van der Waals surface area (Å²) in [5.41, 5.74) is 0. The highest BCUT2D eigenvalue weighted by molar-refractivity contribution is 7.71. The van der Waals surface area contributed by atoms with Gasteiger partial charge in [0.25, 0.3) is 0 Å². The molecule has 4 rings (SSSR count). The van der Waals surface area contributed by atoms with Crippen LogP contribution in [0.5, 0.6) is 0 Å². The van der Waals surface area contributed by atoms with E-state index in [1.807, 2.05) is 0 Å². The van der Waals surface area contributed by atoms with Gasteiger partial charge in [0.15, 0.2) is 4.77 Å². The van der Waals surface area contributed by atoms with E-state index < -0.39 is 0 Å². The van der Waals surface area contributed by atoms with Gasteiger partial charge in [0, 0.05) is 12.0 Å². The third kappa shape index (κ3) is 1.25. The second-order valence-corrected chi connectivity index (χ2v) is 6.01. The largest absolute Gasteiger partial charge is 0.301 e. The lowest BCUT2D eigenvalue weighted by molar-refractivity contribution is 0.480. The fourth-order valence-electron chi connectivity index (χ4n) is 3.61. The van der Waals surface area contributed by atoms with Crippen LogP contribution in [0.15, 0.2) is 0 Å². The first-order valence-corrected chi connectivity index (χ1v) is 6.94. The Morgan fingerprint density at radius 3 is 2.44 bits per heavy atom. The van der Waals surface area contributed by atoms with Crippen LogP contribution < -0.4 is 0 Å². The number of rotatable bonds is 2. The van der Waals surface area contributed by atoms with E-state index in [1.165, 1.54) is 44.3 Å². The Balaban J connectivity index is 1.70. The highest BCUT2D eigenvalue weighted by Crippen LogP contribution is 2.61. The summed E-state index contributed by atoms with van der Waals surface area (Å²) in [5, 5.41) is 7.51. The van der Waals surface area contributed by atoms with Crippen molar-refractivity contribution in [1.82, 2.24) is 14.8 Å². The summed E-state index contributed by atoms with van der Waals surface area (Å²) in [4.78, 5) is 0. The number of nitrogens with zero attached hydrogens (tertiary/aromatic N) is 2. The molecule has 0 spiro atoms. The molecule has 0 aliphatic heterocycles. The van der Waals surface area contributed by atoms with Crippen LogP contribution in [0.4, 0.5) is 0 Å². The lowest BCUT2D eigenvalue weighted by atomic mass is 10.0. The van der Waals surface area contributed by atoms with E-state index in [0.29, 0.717) is 6.04 Å². The van der Waals surface area contributed by atoms with E-state index in [2.05, 4.69) is 14.8 Å². The molecule has 1 aromatic heterocycles. The average molecular weight is 235 g/mol. The van der Waals surface area contributed by atoms with Gasteiger partial charge in [-0.1, -0.05) is 12.8 Å². The lowest BCUT2D eigenvalue weighted by Gasteiger charge is -2.04. The summed E-state index contributed by atoms with van der Waals surface area (Å²) in [7, 11) is 0. The molecule has 2 atom stereocenters. The van der Waals surface area contributed by atoms with Gasteiger partial charge in [-0.05, 0) is 49.7 Å². The molecule has 0 aromatic carbocycles. The quantitative estimate of drug-likeness (QED) is 0.799. The second-order valence-electron chi connectivity index (χ2n) is 5.63. The van der Waals surface area contributed by atoms with Crippen molar-refractivity contribution in [2.45, 2.75) is 50.5 Å². The summed E-state index contributed by atoms with van der Waals surface area (Å²) in [6.07, 6.45) is 8.27. The van der Waals surface area contributed by atoms with Crippen LogP contribution >= 0.6 is 12.2 Å². The van der Waals surface area contributed by atoms with Crippen LogP contribution in [-0.2, 0) is 0 Å². The minimum absolute atomic E-state index is 0.670. The first-order valence-electron chi connectivity index (χ1n) is 6.53. The van der Waals surface area contributed by atoms with Gasteiger partial charge in [-0.3, -0.25) is 5.10 Å². The Bertz CT molecular complexity index is 459. The standard InChI is InChI=1S/C12H17N3S/c16-12-14-13-11(15(12)7-5-6-7)10-8-3-1-2-4-9(8)10/h7-10H,1-6H2,(H,14,16). The first kappa shape index (κ1) is 9.40. The molecule has 3 saturated carbocycles. The van der Waals surface area contributed by atoms with Crippen molar-refractivity contribution in [1.29, 1.82) is 0 Å². The van der Waals surface area contributed by atoms with Gasteiger partial charge >= 0.3 is 0 Å². The van der Waals surface area contributed by atoms with Crippen LogP contribution in [-0.4, -0.2) is 14.8 Å². The predicted octanol–water partition coefficient (Wildman–Crippen LogP) is 3.18. The summed E-state index contributed by atoms with van der Waals surface area (Å²) in [5.74, 6) is 3.87. The molecule has 3 fully saturated rings. The van der Waals surface area contributed by atoms with Gasteiger partial charge in [-0.25, -0.2) is 0 Å². The lowest BCUT2D eigenvalue weighted by Crippen LogP contribution is -2.01. The van der Waals surface area contributed by atoms with Gasteiger partial charge in [0.05, 0.1) is 0 Å². The fourth-order valence-corrected chi connectivity index (χ4v) is 3.90. The van der Waals surface area contributed by atoms with Gasteiger partial charge in [0.2, 0.25) is 0 Å². The molecule has 0 bridgehead atoms. The molecule has 1 heterocycles. The molecular weight excluding hydrogens is 218 g/mol. The van der Waals surface area contributed by atoms with Crippen LogP contribution in [0.2, 0.25) is 0 Å². The van der Waals surface area contributed by atoms with E-state index in [0.717, 1.165) is 22.5 Å². The SMILES string of the molecule is S=c1[nH]nc(C2C3CCCCC32)n1C1CC1. The van der Waals surface area contributed by atoms with E-state index >= 15 is 0 Å². The maximum absolute atomic E-state index is 5.35. The van der Waals surface area contributed by atoms with Crippen molar-refractivity contribution in [3.63, 3.8) is 0 Å². The van der Waals surface area contributed by atoms with E-state index in [9.17, 15) is 0 Å². The maximum Gasteiger partial charge on any atom is 0.195 e. The topological polar surface area (TPSA) is 33.6 Å². The zero-order valence-electron chi connectivity index (χ0n) is 9.35. The minimum Gasteiger partial charge on any atom is -0.301 e. The normalized spacial score (nSPS) is 37.1. The Hall–Kier alpha value is -0.640. The Labute approximate surface area is 100 Å². The molecule has 3 nitrogen and oxygen atoms in total. The number of fused-ring (bicyclic) bond motifs is 1. The van der Waals surface area contributed by atoms with Crippen molar-refractivity contribution in [2.24, 2.45) is 11.8 Å². The molecular formula is C12H17N3S. The monoisotopic (exact) mass is 235 g/mol. The summed E-state index contributed by atoms with van der Waals surface area (Å²) >= 11 is 5.35. The zero-order valence-corrected chi connectivity index (χ0v) is 10.2. The average Bonchev–Trinajstić information content (AvgIpc) is 3.20. The van der Waals surface area contributed by atoms with Gasteiger partial charge in [-0.15, -0.1) is 0 Å². The first-order chi connectivity index (χ1) is 7.86. The fraction of sp³-hybridized carbons (Fsp3) is 0.833. The molecule has 0 amide bonds. The number of nitrogens with one attached hydrogen (secondary N) is 1. The number of aromatic nitrogens is 3. The molecule has 16 heavy (non-hydrogen) atoms. The van der Waals surface area contributed by atoms with Crippen LogP contribution in [0.25, 0.3) is 0 Å². The molecule has 0 radical (unpaired) electrons. The molecule has 0 saturated heterocycles. The molecule has 3 aliphatic carbocycles. The minimum atomic E-state index is 0.670. The van der Waals surface area contributed by atoms with Crippen LogP contribution in [0.1, 0.15) is 56.3 Å². The number of hydrogen-bond donors (Lipinski definition) is 1. The zero-order chi connectivity index (χ0) is 10.7. The van der Waals surface area contributed by atoms with Crippen molar-refractivity contribution in [3.8, 4) is 0 Å². The Morgan fingerprint density at radius 1 is 1.12 bits per heavy atom. The van der Waals surface area contributed by atoms with E-state index in [1.54, 1.807) is 0 Å². The van der Waals surface area contributed by atoms with Gasteiger partial charge in [-0.2, -0.15) is 5.10 Å². The van der Waals surface area contributed by atoms with Crippen molar-refractivity contribution >= 4 is 12.2 Å². The highest BCUT2D eigenvalue weighted by atomic mass is 32.1. The second kappa shape index (κ2) is 3.19. The van der Waals surface area contributed by atoms with Crippen LogP contribution in [0.3, 0.4) is 0 Å². The molecule has 1 aromatic rings. The third-order valence-corrected chi connectivity index (χ3v) is 4.89. The smallest absolute Gasteiger partial charge is 0.195 e. The van der Waals surface area contributed by atoms with Gasteiger partial charge < -0.3 is 4.57 Å². The van der Waals surface area contributed by atoms with Gasteiger partial charge in [0.1, 0.15) is 5.82 Å². The summed E-state index contributed by atoms with van der Waals surface area (Å²) < 4.78 is 3.17. The molecule has 1 N–H and O–H groups in total. The molecule has 4 heteroatoms. The van der Waals surface area contributed by atoms with Crippen molar-refractivity contribution in [2.75, 3.05) is 0 Å². The Morgan fingerprint density at radius 2 is 1.81 bits per heavy atom. The predicted molar refractivity (Wildman–Crippen MR) is 63.9 cm³/mol. The van der Waals surface area contributed by atoms with Crippen LogP contribution in [0, 0.1) is 16.6 Å². The number of H-pyrrole nitrogens is 1. The highest BCUT2D eigenvalue weighted by Gasteiger charge is 2.54.